The van der Waals surface area contributed by atoms with E-state index in [1.807, 2.05) is 6.07 Å². The van der Waals surface area contributed by atoms with Gasteiger partial charge in [-0.1, -0.05) is 12.1 Å². The molecule has 1 aromatic carbocycles. The number of nitrogens with two attached hydrogens (primary N) is 1. The first kappa shape index (κ1) is 13.4. The highest BCUT2D eigenvalue weighted by molar-refractivity contribution is 9.10. The maximum absolute atomic E-state index is 10.9. The summed E-state index contributed by atoms with van der Waals surface area (Å²) in [5, 5.41) is 10.9. The van der Waals surface area contributed by atoms with Crippen molar-refractivity contribution in [2.75, 3.05) is 0 Å². The van der Waals surface area contributed by atoms with E-state index in [4.69, 9.17) is 10.5 Å². The number of rotatable bonds is 4. The second-order valence-electron chi connectivity index (χ2n) is 3.69. The Bertz CT molecular complexity index is 619. The van der Waals surface area contributed by atoms with E-state index >= 15 is 0 Å². The molecule has 0 aliphatic carbocycles. The third-order valence-corrected chi connectivity index (χ3v) is 2.78. The summed E-state index contributed by atoms with van der Waals surface area (Å²) in [6.45, 7) is 0.368. The second-order valence-corrected chi connectivity index (χ2v) is 4.60. The van der Waals surface area contributed by atoms with Crippen LogP contribution >= 0.6 is 15.9 Å². The van der Waals surface area contributed by atoms with Crippen molar-refractivity contribution in [3.05, 3.63) is 56.7 Å². The number of nitro groups is 1. The van der Waals surface area contributed by atoms with Gasteiger partial charge in [-0.2, -0.15) is 0 Å². The quantitative estimate of drug-likeness (QED) is 0.689. The standard InChI is InChI=1S/C12H10BrN3O3/c13-9-5-11(16(17)18)12(15-7-9)19-10-3-1-2-8(4-10)6-14/h1-5,7H,6,14H2. The largest absolute Gasteiger partial charge is 0.434 e. The van der Waals surface area contributed by atoms with Crippen molar-refractivity contribution in [3.8, 4) is 11.6 Å². The zero-order valence-electron chi connectivity index (χ0n) is 9.75. The normalized spacial score (nSPS) is 10.2. The van der Waals surface area contributed by atoms with Crippen molar-refractivity contribution < 1.29 is 9.66 Å². The average Bonchev–Trinajstić information content (AvgIpc) is 2.41. The number of hydrogen-bond acceptors (Lipinski definition) is 5. The molecule has 0 aliphatic heterocycles. The summed E-state index contributed by atoms with van der Waals surface area (Å²) < 4.78 is 5.96. The Balaban J connectivity index is 2.34. The fraction of sp³-hybridized carbons (Fsp3) is 0.0833. The van der Waals surface area contributed by atoms with Gasteiger partial charge in [0, 0.05) is 23.3 Å². The van der Waals surface area contributed by atoms with Crippen LogP contribution < -0.4 is 10.5 Å². The SMILES string of the molecule is NCc1cccc(Oc2ncc(Br)cc2[N+](=O)[O-])c1. The van der Waals surface area contributed by atoms with Crippen LogP contribution in [0.1, 0.15) is 5.56 Å². The van der Waals surface area contributed by atoms with Crippen LogP contribution in [-0.4, -0.2) is 9.91 Å². The van der Waals surface area contributed by atoms with Gasteiger partial charge in [0.05, 0.1) is 4.92 Å². The second kappa shape index (κ2) is 5.77. The molecule has 0 saturated carbocycles. The zero-order valence-corrected chi connectivity index (χ0v) is 11.3. The molecule has 0 bridgehead atoms. The van der Waals surface area contributed by atoms with Gasteiger partial charge in [0.15, 0.2) is 0 Å². The van der Waals surface area contributed by atoms with Crippen molar-refractivity contribution in [2.45, 2.75) is 6.54 Å². The van der Waals surface area contributed by atoms with Crippen LogP contribution in [0, 0.1) is 10.1 Å². The lowest BCUT2D eigenvalue weighted by Crippen LogP contribution is -1.98. The summed E-state index contributed by atoms with van der Waals surface area (Å²) in [7, 11) is 0. The Morgan fingerprint density at radius 1 is 1.42 bits per heavy atom. The van der Waals surface area contributed by atoms with Gasteiger partial charge in [-0.25, -0.2) is 4.98 Å². The number of halogens is 1. The van der Waals surface area contributed by atoms with Crippen molar-refractivity contribution in [2.24, 2.45) is 5.73 Å². The number of hydrogen-bond donors (Lipinski definition) is 1. The summed E-state index contributed by atoms with van der Waals surface area (Å²) in [4.78, 5) is 14.3. The first-order chi connectivity index (χ1) is 9.10. The van der Waals surface area contributed by atoms with Crippen LogP contribution in [0.5, 0.6) is 11.6 Å². The van der Waals surface area contributed by atoms with Crippen LogP contribution in [0.3, 0.4) is 0 Å². The Morgan fingerprint density at radius 3 is 2.89 bits per heavy atom. The minimum absolute atomic E-state index is 0.0534. The summed E-state index contributed by atoms with van der Waals surface area (Å²) in [5.41, 5.74) is 6.20. The van der Waals surface area contributed by atoms with Crippen LogP contribution in [0.4, 0.5) is 5.69 Å². The lowest BCUT2D eigenvalue weighted by Gasteiger charge is -2.06. The molecule has 6 nitrogen and oxygen atoms in total. The molecule has 0 amide bonds. The molecule has 0 aliphatic rings. The predicted molar refractivity (Wildman–Crippen MR) is 73.0 cm³/mol. The van der Waals surface area contributed by atoms with Crippen LogP contribution in [0.2, 0.25) is 0 Å². The van der Waals surface area contributed by atoms with Gasteiger partial charge in [-0.05, 0) is 33.6 Å². The summed E-state index contributed by atoms with van der Waals surface area (Å²) in [6.07, 6.45) is 1.44. The third-order valence-electron chi connectivity index (χ3n) is 2.34. The van der Waals surface area contributed by atoms with Gasteiger partial charge in [-0.15, -0.1) is 0 Å². The first-order valence-electron chi connectivity index (χ1n) is 5.37. The summed E-state index contributed by atoms with van der Waals surface area (Å²) >= 11 is 3.13. The van der Waals surface area contributed by atoms with Crippen molar-refractivity contribution in [3.63, 3.8) is 0 Å². The van der Waals surface area contributed by atoms with Crippen molar-refractivity contribution >= 4 is 21.6 Å². The molecule has 0 spiro atoms. The maximum atomic E-state index is 10.9. The number of pyridine rings is 1. The minimum atomic E-state index is -0.542. The molecule has 0 unspecified atom stereocenters. The number of aromatic nitrogens is 1. The number of nitrogens with zero attached hydrogens (tertiary/aromatic N) is 2. The van der Waals surface area contributed by atoms with Crippen molar-refractivity contribution in [1.82, 2.24) is 4.98 Å². The van der Waals surface area contributed by atoms with Gasteiger partial charge in [0.25, 0.3) is 5.88 Å². The summed E-state index contributed by atoms with van der Waals surface area (Å²) in [5.74, 6) is 0.406. The number of benzene rings is 1. The van der Waals surface area contributed by atoms with Gasteiger partial charge in [0.1, 0.15) is 5.75 Å². The monoisotopic (exact) mass is 323 g/mol. The fourth-order valence-corrected chi connectivity index (χ4v) is 1.79. The van der Waals surface area contributed by atoms with E-state index in [2.05, 4.69) is 20.9 Å². The Labute approximate surface area is 117 Å². The molecule has 0 saturated heterocycles. The minimum Gasteiger partial charge on any atom is -0.434 e. The van der Waals surface area contributed by atoms with E-state index < -0.39 is 4.92 Å². The van der Waals surface area contributed by atoms with Gasteiger partial charge < -0.3 is 10.5 Å². The van der Waals surface area contributed by atoms with Crippen LogP contribution in [0.25, 0.3) is 0 Å². The molecule has 0 fully saturated rings. The molecule has 98 valence electrons. The molecule has 7 heteroatoms. The highest BCUT2D eigenvalue weighted by Gasteiger charge is 2.18. The Kier molecular flexibility index (Phi) is 4.08. The summed E-state index contributed by atoms with van der Waals surface area (Å²) in [6, 6.07) is 8.35. The molecule has 0 atom stereocenters. The average molecular weight is 324 g/mol. The van der Waals surface area contributed by atoms with Gasteiger partial charge >= 0.3 is 5.69 Å². The molecule has 2 rings (SSSR count). The van der Waals surface area contributed by atoms with E-state index in [-0.39, 0.29) is 11.6 Å². The van der Waals surface area contributed by atoms with E-state index in [9.17, 15) is 10.1 Å². The fourth-order valence-electron chi connectivity index (χ4n) is 1.47. The van der Waals surface area contributed by atoms with E-state index in [1.165, 1.54) is 12.3 Å². The van der Waals surface area contributed by atoms with Crippen LogP contribution in [-0.2, 0) is 6.54 Å². The lowest BCUT2D eigenvalue weighted by atomic mass is 10.2. The molecule has 1 aromatic heterocycles. The topological polar surface area (TPSA) is 91.3 Å². The molecule has 2 aromatic rings. The van der Waals surface area contributed by atoms with Gasteiger partial charge in [-0.3, -0.25) is 10.1 Å². The zero-order chi connectivity index (χ0) is 13.8. The third kappa shape index (κ3) is 3.27. The smallest absolute Gasteiger partial charge is 0.332 e. The highest BCUT2D eigenvalue weighted by Crippen LogP contribution is 2.31. The van der Waals surface area contributed by atoms with Crippen LogP contribution in [0.15, 0.2) is 41.0 Å². The maximum Gasteiger partial charge on any atom is 0.332 e. The molecule has 0 radical (unpaired) electrons. The lowest BCUT2D eigenvalue weighted by molar-refractivity contribution is -0.386. The predicted octanol–water partition coefficient (Wildman–Crippen LogP) is 3.00. The molecule has 19 heavy (non-hydrogen) atoms. The Hall–Kier alpha value is -1.99. The first-order valence-corrected chi connectivity index (χ1v) is 6.16. The van der Waals surface area contributed by atoms with E-state index in [0.717, 1.165) is 5.56 Å². The van der Waals surface area contributed by atoms with E-state index in [1.54, 1.807) is 18.2 Å². The van der Waals surface area contributed by atoms with Gasteiger partial charge in [0.2, 0.25) is 0 Å². The molecular formula is C12H10BrN3O3. The van der Waals surface area contributed by atoms with E-state index in [0.29, 0.717) is 16.8 Å². The highest BCUT2D eigenvalue weighted by atomic mass is 79.9. The molecule has 1 heterocycles. The number of ether oxygens (including phenoxy) is 1. The molecular weight excluding hydrogens is 314 g/mol. The molecule has 2 N–H and O–H groups in total. The van der Waals surface area contributed by atoms with Crippen molar-refractivity contribution in [1.29, 1.82) is 0 Å². The Morgan fingerprint density at radius 2 is 2.21 bits per heavy atom.